The number of hydrogen-bond acceptors (Lipinski definition) is 2. The molecule has 3 rings (SSSR count). The molecule has 6 heteroatoms. The summed E-state index contributed by atoms with van der Waals surface area (Å²) >= 11 is 6.15. The number of benzene rings is 2. The van der Waals surface area contributed by atoms with Crippen molar-refractivity contribution in [1.29, 1.82) is 0 Å². The lowest BCUT2D eigenvalue weighted by molar-refractivity contribution is 0.488. The Morgan fingerprint density at radius 3 is 2.48 bits per heavy atom. The maximum atomic E-state index is 14.4. The zero-order valence-corrected chi connectivity index (χ0v) is 17.4. The number of para-hydroxylation sites is 1. The number of halogens is 2. The highest BCUT2D eigenvalue weighted by Gasteiger charge is 2.41. The third-order valence-corrected chi connectivity index (χ3v) is 7.92. The minimum absolute atomic E-state index is 0.0182. The number of nitrogens with zero attached hydrogens (tertiary/aromatic N) is 1. The molecule has 1 saturated carbocycles. The van der Waals surface area contributed by atoms with E-state index in [4.69, 9.17) is 11.6 Å². The third-order valence-electron chi connectivity index (χ3n) is 5.41. The van der Waals surface area contributed by atoms with Crippen molar-refractivity contribution < 1.29 is 12.8 Å². The molecule has 0 spiro atoms. The second-order valence-electron chi connectivity index (χ2n) is 7.49. The van der Waals surface area contributed by atoms with Crippen LogP contribution in [-0.4, -0.2) is 20.2 Å². The van der Waals surface area contributed by atoms with Crippen molar-refractivity contribution in [1.82, 2.24) is 0 Å². The van der Waals surface area contributed by atoms with Gasteiger partial charge in [-0.2, -0.15) is 0 Å². The van der Waals surface area contributed by atoms with E-state index in [0.29, 0.717) is 17.9 Å². The van der Waals surface area contributed by atoms with E-state index in [1.807, 2.05) is 32.0 Å². The maximum Gasteiger partial charge on any atom is 0.238 e. The van der Waals surface area contributed by atoms with Crippen LogP contribution >= 0.6 is 11.6 Å². The molecular weight excluding hydrogens is 385 g/mol. The fourth-order valence-corrected chi connectivity index (χ4v) is 5.50. The highest BCUT2D eigenvalue weighted by atomic mass is 35.5. The first-order chi connectivity index (χ1) is 12.7. The molecule has 2 aromatic rings. The summed E-state index contributed by atoms with van der Waals surface area (Å²) in [5, 5.41) is 0.263. The SMILES string of the molecule is Cc1ccc(Cl)cc1C(C)C(C)CN(c1ccccc1F)S(=O)(=O)C1CC1. The summed E-state index contributed by atoms with van der Waals surface area (Å²) in [6, 6.07) is 11.8. The van der Waals surface area contributed by atoms with Crippen LogP contribution in [0.1, 0.15) is 43.7 Å². The minimum atomic E-state index is -3.57. The van der Waals surface area contributed by atoms with E-state index >= 15 is 0 Å². The molecule has 0 aliphatic heterocycles. The van der Waals surface area contributed by atoms with Gasteiger partial charge < -0.3 is 0 Å². The van der Waals surface area contributed by atoms with Gasteiger partial charge in [-0.3, -0.25) is 4.31 Å². The molecule has 0 saturated heterocycles. The predicted octanol–water partition coefficient (Wildman–Crippen LogP) is 5.53. The summed E-state index contributed by atoms with van der Waals surface area (Å²) in [6.45, 7) is 6.31. The molecule has 0 bridgehead atoms. The molecule has 27 heavy (non-hydrogen) atoms. The number of aryl methyl sites for hydroxylation is 1. The molecule has 2 atom stereocenters. The van der Waals surface area contributed by atoms with Crippen LogP contribution in [0, 0.1) is 18.7 Å². The molecule has 1 fully saturated rings. The molecule has 3 nitrogen and oxygen atoms in total. The van der Waals surface area contributed by atoms with Crippen LogP contribution < -0.4 is 4.31 Å². The first kappa shape index (κ1) is 20.2. The zero-order valence-electron chi connectivity index (χ0n) is 15.8. The molecule has 0 amide bonds. The van der Waals surface area contributed by atoms with Crippen molar-refractivity contribution in [2.45, 2.75) is 44.8 Å². The monoisotopic (exact) mass is 409 g/mol. The molecule has 0 radical (unpaired) electrons. The molecule has 2 aromatic carbocycles. The van der Waals surface area contributed by atoms with Gasteiger partial charge in [0.05, 0.1) is 10.9 Å². The Bertz CT molecular complexity index is 928. The topological polar surface area (TPSA) is 37.4 Å². The number of anilines is 1. The normalized spacial score (nSPS) is 16.8. The molecule has 0 heterocycles. The van der Waals surface area contributed by atoms with E-state index in [0.717, 1.165) is 11.1 Å². The predicted molar refractivity (Wildman–Crippen MR) is 109 cm³/mol. The minimum Gasteiger partial charge on any atom is -0.267 e. The van der Waals surface area contributed by atoms with Crippen LogP contribution in [0.25, 0.3) is 0 Å². The second kappa shape index (κ2) is 7.80. The van der Waals surface area contributed by atoms with Crippen molar-refractivity contribution in [2.75, 3.05) is 10.8 Å². The van der Waals surface area contributed by atoms with Crippen molar-refractivity contribution >= 4 is 27.3 Å². The van der Waals surface area contributed by atoms with Gasteiger partial charge in [0.2, 0.25) is 10.0 Å². The van der Waals surface area contributed by atoms with Crippen LogP contribution in [0.4, 0.5) is 10.1 Å². The van der Waals surface area contributed by atoms with E-state index in [1.54, 1.807) is 12.1 Å². The summed E-state index contributed by atoms with van der Waals surface area (Å²) in [7, 11) is -3.57. The Balaban J connectivity index is 1.92. The van der Waals surface area contributed by atoms with E-state index in [-0.39, 0.29) is 24.1 Å². The largest absolute Gasteiger partial charge is 0.267 e. The molecule has 0 aromatic heterocycles. The highest BCUT2D eigenvalue weighted by molar-refractivity contribution is 7.93. The third kappa shape index (κ3) is 4.30. The maximum absolute atomic E-state index is 14.4. The Kier molecular flexibility index (Phi) is 5.82. The average molecular weight is 410 g/mol. The molecule has 1 aliphatic carbocycles. The molecular formula is C21H25ClFNO2S. The Hall–Kier alpha value is -1.59. The van der Waals surface area contributed by atoms with Gasteiger partial charge in [0.25, 0.3) is 0 Å². The number of rotatable bonds is 7. The van der Waals surface area contributed by atoms with Gasteiger partial charge in [0, 0.05) is 11.6 Å². The number of sulfonamides is 1. The van der Waals surface area contributed by atoms with E-state index in [1.165, 1.54) is 16.4 Å². The Labute approximate surface area is 166 Å². The Morgan fingerprint density at radius 2 is 1.85 bits per heavy atom. The quantitative estimate of drug-likeness (QED) is 0.603. The smallest absolute Gasteiger partial charge is 0.238 e. The molecule has 1 aliphatic rings. The van der Waals surface area contributed by atoms with Crippen LogP contribution in [0.2, 0.25) is 5.02 Å². The van der Waals surface area contributed by atoms with Crippen molar-refractivity contribution in [2.24, 2.45) is 5.92 Å². The summed E-state index contributed by atoms with van der Waals surface area (Å²) in [5.41, 5.74) is 2.33. The van der Waals surface area contributed by atoms with Crippen molar-refractivity contribution in [3.05, 3.63) is 64.4 Å². The first-order valence-corrected chi connectivity index (χ1v) is 11.1. The van der Waals surface area contributed by atoms with E-state index in [2.05, 4.69) is 6.92 Å². The molecule has 0 N–H and O–H groups in total. The highest BCUT2D eigenvalue weighted by Crippen LogP contribution is 2.37. The first-order valence-electron chi connectivity index (χ1n) is 9.24. The molecule has 2 unspecified atom stereocenters. The molecule has 146 valence electrons. The van der Waals surface area contributed by atoms with Gasteiger partial charge in [-0.25, -0.2) is 12.8 Å². The lowest BCUT2D eigenvalue weighted by Gasteiger charge is -2.31. The lowest BCUT2D eigenvalue weighted by Crippen LogP contribution is -2.38. The summed E-state index contributed by atoms with van der Waals surface area (Å²) < 4.78 is 41.7. The van der Waals surface area contributed by atoms with E-state index in [9.17, 15) is 12.8 Å². The van der Waals surface area contributed by atoms with Gasteiger partial charge in [-0.1, -0.05) is 43.6 Å². The van der Waals surface area contributed by atoms with Gasteiger partial charge >= 0.3 is 0 Å². The Morgan fingerprint density at radius 1 is 1.19 bits per heavy atom. The number of hydrogen-bond donors (Lipinski definition) is 0. The van der Waals surface area contributed by atoms with Gasteiger partial charge in [0.1, 0.15) is 5.82 Å². The van der Waals surface area contributed by atoms with Gasteiger partial charge in [-0.05, 0) is 67.0 Å². The fourth-order valence-electron chi connectivity index (χ4n) is 3.37. The van der Waals surface area contributed by atoms with Crippen molar-refractivity contribution in [3.8, 4) is 0 Å². The summed E-state index contributed by atoms with van der Waals surface area (Å²) in [4.78, 5) is 0. The zero-order chi connectivity index (χ0) is 19.8. The fraction of sp³-hybridized carbons (Fsp3) is 0.429. The summed E-state index contributed by atoms with van der Waals surface area (Å²) in [5.74, 6) is -0.455. The summed E-state index contributed by atoms with van der Waals surface area (Å²) in [6.07, 6.45) is 1.29. The van der Waals surface area contributed by atoms with Crippen LogP contribution in [-0.2, 0) is 10.0 Å². The second-order valence-corrected chi connectivity index (χ2v) is 10.1. The van der Waals surface area contributed by atoms with Crippen LogP contribution in [0.3, 0.4) is 0 Å². The van der Waals surface area contributed by atoms with Gasteiger partial charge in [-0.15, -0.1) is 0 Å². The van der Waals surface area contributed by atoms with Crippen LogP contribution in [0.15, 0.2) is 42.5 Å². The standard InChI is InChI=1S/C21H25ClFNO2S/c1-14-8-9-17(22)12-19(14)16(3)15(2)13-24(27(25,26)18-10-11-18)21-7-5-4-6-20(21)23/h4-9,12,15-16,18H,10-11,13H2,1-3H3. The van der Waals surface area contributed by atoms with Crippen LogP contribution in [0.5, 0.6) is 0 Å². The van der Waals surface area contributed by atoms with Crippen molar-refractivity contribution in [3.63, 3.8) is 0 Å². The van der Waals surface area contributed by atoms with Gasteiger partial charge in [0.15, 0.2) is 0 Å². The van der Waals surface area contributed by atoms with E-state index < -0.39 is 21.1 Å². The lowest BCUT2D eigenvalue weighted by atomic mass is 9.86. The average Bonchev–Trinajstić information content (AvgIpc) is 3.47.